The number of carbonyl (C=O) groups excluding carboxylic acids is 1. The molecular weight excluding hydrogens is 206 g/mol. The molecule has 4 nitrogen and oxygen atoms in total. The van der Waals surface area contributed by atoms with Crippen LogP contribution < -0.4 is 0 Å². The fourth-order valence-electron chi connectivity index (χ4n) is 1.92. The van der Waals surface area contributed by atoms with Gasteiger partial charge in [0.2, 0.25) is 5.76 Å². The molecule has 2 heterocycles. The van der Waals surface area contributed by atoms with Crippen LogP contribution in [0.15, 0.2) is 22.8 Å². The average molecular weight is 223 g/mol. The zero-order valence-corrected chi connectivity index (χ0v) is 9.35. The Kier molecular flexibility index (Phi) is 3.99. The lowest BCUT2D eigenvalue weighted by atomic mass is 10.1. The lowest BCUT2D eigenvalue weighted by molar-refractivity contribution is 0.0417. The minimum Gasteiger partial charge on any atom is -0.458 e. The van der Waals surface area contributed by atoms with E-state index in [0.717, 1.165) is 19.6 Å². The largest absolute Gasteiger partial charge is 0.458 e. The van der Waals surface area contributed by atoms with E-state index in [2.05, 4.69) is 4.90 Å². The molecular formula is C12H17NO3. The Morgan fingerprint density at radius 1 is 1.38 bits per heavy atom. The Bertz CT molecular complexity index is 315. The second-order valence-corrected chi connectivity index (χ2v) is 4.02. The Hall–Kier alpha value is -1.29. The van der Waals surface area contributed by atoms with Crippen molar-refractivity contribution in [3.63, 3.8) is 0 Å². The Balaban J connectivity index is 1.66. The van der Waals surface area contributed by atoms with Gasteiger partial charge in [0.15, 0.2) is 0 Å². The lowest BCUT2D eigenvalue weighted by Gasteiger charge is -2.25. The molecule has 1 aliphatic heterocycles. The van der Waals surface area contributed by atoms with Crippen LogP contribution in [0.5, 0.6) is 0 Å². The standard InChI is InChI=1S/C12H17NO3/c14-12(11-5-4-9-15-11)16-10-8-13-6-2-1-3-7-13/h4-5,9H,1-3,6-8,10H2. The minimum absolute atomic E-state index is 0.277. The van der Waals surface area contributed by atoms with Crippen LogP contribution in [0.1, 0.15) is 29.8 Å². The molecule has 0 radical (unpaired) electrons. The van der Waals surface area contributed by atoms with Crippen LogP contribution in [0.25, 0.3) is 0 Å². The van der Waals surface area contributed by atoms with Crippen LogP contribution in [0.3, 0.4) is 0 Å². The van der Waals surface area contributed by atoms with Gasteiger partial charge in [0.25, 0.3) is 0 Å². The van der Waals surface area contributed by atoms with Gasteiger partial charge in [0.05, 0.1) is 6.26 Å². The molecule has 1 saturated heterocycles. The van der Waals surface area contributed by atoms with Gasteiger partial charge in [-0.2, -0.15) is 0 Å². The number of nitrogens with zero attached hydrogens (tertiary/aromatic N) is 1. The highest BCUT2D eigenvalue weighted by Gasteiger charge is 2.12. The van der Waals surface area contributed by atoms with Gasteiger partial charge in [-0.15, -0.1) is 0 Å². The highest BCUT2D eigenvalue weighted by Crippen LogP contribution is 2.08. The molecule has 0 unspecified atom stereocenters. The monoisotopic (exact) mass is 223 g/mol. The first-order valence-electron chi connectivity index (χ1n) is 5.79. The highest BCUT2D eigenvalue weighted by molar-refractivity contribution is 5.86. The van der Waals surface area contributed by atoms with Crippen LogP contribution in [-0.2, 0) is 4.74 Å². The molecule has 0 aromatic carbocycles. The van der Waals surface area contributed by atoms with Crippen molar-refractivity contribution in [2.24, 2.45) is 0 Å². The predicted octanol–water partition coefficient (Wildman–Crippen LogP) is 1.92. The van der Waals surface area contributed by atoms with Gasteiger partial charge >= 0.3 is 5.97 Å². The average Bonchev–Trinajstić information content (AvgIpc) is 2.84. The fourth-order valence-corrected chi connectivity index (χ4v) is 1.92. The normalized spacial score (nSPS) is 17.2. The molecule has 0 aliphatic carbocycles. The van der Waals surface area contributed by atoms with Crippen molar-refractivity contribution in [1.82, 2.24) is 4.90 Å². The number of hydrogen-bond acceptors (Lipinski definition) is 4. The molecule has 2 rings (SSSR count). The summed E-state index contributed by atoms with van der Waals surface area (Å²) in [6, 6.07) is 3.30. The summed E-state index contributed by atoms with van der Waals surface area (Å²) in [7, 11) is 0. The second-order valence-electron chi connectivity index (χ2n) is 4.02. The van der Waals surface area contributed by atoms with Gasteiger partial charge in [-0.3, -0.25) is 4.90 Å². The van der Waals surface area contributed by atoms with Gasteiger partial charge in [0.1, 0.15) is 6.61 Å². The SMILES string of the molecule is O=C(OCCN1CCCCC1)c1ccco1. The third kappa shape index (κ3) is 3.10. The summed E-state index contributed by atoms with van der Waals surface area (Å²) in [5.74, 6) is -0.0966. The van der Waals surface area contributed by atoms with E-state index in [4.69, 9.17) is 9.15 Å². The summed E-state index contributed by atoms with van der Waals surface area (Å²) >= 11 is 0. The Morgan fingerprint density at radius 2 is 2.19 bits per heavy atom. The third-order valence-corrected chi connectivity index (χ3v) is 2.81. The van der Waals surface area contributed by atoms with E-state index >= 15 is 0 Å². The molecule has 0 spiro atoms. The summed E-state index contributed by atoms with van der Waals surface area (Å²) < 4.78 is 10.1. The van der Waals surface area contributed by atoms with Crippen LogP contribution >= 0.6 is 0 Å². The number of rotatable bonds is 4. The third-order valence-electron chi connectivity index (χ3n) is 2.81. The Morgan fingerprint density at radius 3 is 2.88 bits per heavy atom. The number of hydrogen-bond donors (Lipinski definition) is 0. The number of piperidine rings is 1. The summed E-state index contributed by atoms with van der Waals surface area (Å²) in [4.78, 5) is 13.7. The number of likely N-dealkylation sites (tertiary alicyclic amines) is 1. The second kappa shape index (κ2) is 5.70. The van der Waals surface area contributed by atoms with E-state index in [1.165, 1.54) is 25.5 Å². The number of ether oxygens (including phenoxy) is 1. The molecule has 0 N–H and O–H groups in total. The van der Waals surface area contributed by atoms with Crippen LogP contribution in [0, 0.1) is 0 Å². The summed E-state index contributed by atoms with van der Waals surface area (Å²) in [5.41, 5.74) is 0. The molecule has 16 heavy (non-hydrogen) atoms. The van der Waals surface area contributed by atoms with Crippen molar-refractivity contribution in [2.75, 3.05) is 26.2 Å². The number of furan rings is 1. The predicted molar refractivity (Wildman–Crippen MR) is 59.3 cm³/mol. The van der Waals surface area contributed by atoms with Gasteiger partial charge in [-0.05, 0) is 38.1 Å². The molecule has 0 saturated carbocycles. The van der Waals surface area contributed by atoms with Crippen LogP contribution in [0.2, 0.25) is 0 Å². The maximum absolute atomic E-state index is 11.4. The molecule has 1 fully saturated rings. The van der Waals surface area contributed by atoms with Crippen molar-refractivity contribution < 1.29 is 13.9 Å². The van der Waals surface area contributed by atoms with Gasteiger partial charge < -0.3 is 9.15 Å². The molecule has 1 aliphatic rings. The minimum atomic E-state index is -0.373. The topological polar surface area (TPSA) is 42.7 Å². The molecule has 0 bridgehead atoms. The first kappa shape index (κ1) is 11.2. The Labute approximate surface area is 95.2 Å². The molecule has 88 valence electrons. The van der Waals surface area contributed by atoms with Gasteiger partial charge in [-0.1, -0.05) is 6.42 Å². The van der Waals surface area contributed by atoms with Gasteiger partial charge in [0, 0.05) is 6.54 Å². The van der Waals surface area contributed by atoms with E-state index in [1.54, 1.807) is 12.1 Å². The van der Waals surface area contributed by atoms with Crippen molar-refractivity contribution in [3.8, 4) is 0 Å². The van der Waals surface area contributed by atoms with E-state index in [0.29, 0.717) is 6.61 Å². The van der Waals surface area contributed by atoms with E-state index in [9.17, 15) is 4.79 Å². The fraction of sp³-hybridized carbons (Fsp3) is 0.583. The van der Waals surface area contributed by atoms with Gasteiger partial charge in [-0.25, -0.2) is 4.79 Å². The van der Waals surface area contributed by atoms with Crippen LogP contribution in [-0.4, -0.2) is 37.1 Å². The molecule has 1 aromatic heterocycles. The summed E-state index contributed by atoms with van der Waals surface area (Å²) in [5, 5.41) is 0. The summed E-state index contributed by atoms with van der Waals surface area (Å²) in [6.45, 7) is 3.52. The van der Waals surface area contributed by atoms with Crippen molar-refractivity contribution >= 4 is 5.97 Å². The first-order valence-corrected chi connectivity index (χ1v) is 5.79. The maximum Gasteiger partial charge on any atom is 0.374 e. The quantitative estimate of drug-likeness (QED) is 0.731. The smallest absolute Gasteiger partial charge is 0.374 e. The lowest BCUT2D eigenvalue weighted by Crippen LogP contribution is -2.33. The van der Waals surface area contributed by atoms with E-state index in [1.807, 2.05) is 0 Å². The molecule has 1 aromatic rings. The maximum atomic E-state index is 11.4. The number of carbonyl (C=O) groups is 1. The molecule has 0 amide bonds. The van der Waals surface area contributed by atoms with Crippen molar-refractivity contribution in [1.29, 1.82) is 0 Å². The molecule has 0 atom stereocenters. The summed E-state index contributed by atoms with van der Waals surface area (Å²) in [6.07, 6.45) is 5.31. The zero-order chi connectivity index (χ0) is 11.2. The number of esters is 1. The van der Waals surface area contributed by atoms with E-state index in [-0.39, 0.29) is 11.7 Å². The van der Waals surface area contributed by atoms with Crippen molar-refractivity contribution in [3.05, 3.63) is 24.2 Å². The van der Waals surface area contributed by atoms with Crippen LogP contribution in [0.4, 0.5) is 0 Å². The highest BCUT2D eigenvalue weighted by atomic mass is 16.5. The van der Waals surface area contributed by atoms with Crippen molar-refractivity contribution in [2.45, 2.75) is 19.3 Å². The first-order chi connectivity index (χ1) is 7.86. The zero-order valence-electron chi connectivity index (χ0n) is 9.35. The molecule has 4 heteroatoms. The van der Waals surface area contributed by atoms with E-state index < -0.39 is 0 Å².